The fourth-order valence-corrected chi connectivity index (χ4v) is 6.79. The second kappa shape index (κ2) is 14.3. The van der Waals surface area contributed by atoms with E-state index in [0.29, 0.717) is 56.1 Å². The third-order valence-corrected chi connectivity index (χ3v) is 9.53. The van der Waals surface area contributed by atoms with Crippen molar-refractivity contribution in [2.45, 2.75) is 84.1 Å². The number of piperazine rings is 1. The molecule has 3 heterocycles. The number of anilines is 1. The molecule has 1 saturated carbocycles. The SMILES string of the molecule is CC(C)(C)OC(=O)N1CCN(C(=O)C(C)(C)Oc2cccc(N3CCC[C@@H](C(=O)N(Cc4ccc(-c5cn[nH]c5)c(F)c4)C4CC4)C3)c2)CC1. The summed E-state index contributed by atoms with van der Waals surface area (Å²) in [6, 6.07) is 13.1. The molecule has 0 spiro atoms. The summed E-state index contributed by atoms with van der Waals surface area (Å²) in [5.74, 6) is 0.0289. The van der Waals surface area contributed by atoms with Crippen molar-refractivity contribution < 1.29 is 28.2 Å². The number of nitrogens with zero attached hydrogens (tertiary/aromatic N) is 5. The number of ether oxygens (including phenoxy) is 2. The van der Waals surface area contributed by atoms with E-state index in [1.807, 2.05) is 56.0 Å². The van der Waals surface area contributed by atoms with Crippen molar-refractivity contribution in [1.29, 1.82) is 0 Å². The van der Waals surface area contributed by atoms with Crippen LogP contribution < -0.4 is 9.64 Å². The topological polar surface area (TPSA) is 111 Å². The number of carbonyl (C=O) groups excluding carboxylic acids is 3. The van der Waals surface area contributed by atoms with E-state index in [2.05, 4.69) is 15.1 Å². The van der Waals surface area contributed by atoms with Gasteiger partial charge in [-0.3, -0.25) is 14.7 Å². The van der Waals surface area contributed by atoms with E-state index in [9.17, 15) is 14.4 Å². The van der Waals surface area contributed by atoms with Gasteiger partial charge in [0.05, 0.1) is 12.1 Å². The zero-order valence-corrected chi connectivity index (χ0v) is 29.8. The number of amides is 3. The van der Waals surface area contributed by atoms with Crippen molar-refractivity contribution in [2.24, 2.45) is 5.92 Å². The largest absolute Gasteiger partial charge is 0.478 e. The molecule has 2 aromatic carbocycles. The van der Waals surface area contributed by atoms with Gasteiger partial charge in [0, 0.05) is 80.9 Å². The van der Waals surface area contributed by atoms with E-state index in [4.69, 9.17) is 9.47 Å². The number of hydrogen-bond donors (Lipinski definition) is 1. The lowest BCUT2D eigenvalue weighted by Gasteiger charge is -2.39. The average molecular weight is 689 g/mol. The Labute approximate surface area is 293 Å². The standard InChI is InChI=1S/C38H49FN6O5/c1-37(2,3)50-36(48)43-18-16-42(17-19-43)35(47)38(4,5)49-31-10-6-9-30(21-31)44-15-7-8-27(25-44)34(46)45(29-12-13-29)24-26-11-14-32(33(39)20-26)28-22-40-41-23-28/h6,9-11,14,20-23,27,29H,7-8,12-13,15-19,24-25H2,1-5H3,(H,40,41)/t27-/m1/s1. The van der Waals surface area contributed by atoms with Crippen molar-refractivity contribution in [3.8, 4) is 16.9 Å². The summed E-state index contributed by atoms with van der Waals surface area (Å²) in [6.45, 7) is 12.4. The van der Waals surface area contributed by atoms with E-state index in [0.717, 1.165) is 43.5 Å². The third kappa shape index (κ3) is 8.39. The van der Waals surface area contributed by atoms with Crippen LogP contribution >= 0.6 is 0 Å². The number of hydrogen-bond acceptors (Lipinski definition) is 7. The van der Waals surface area contributed by atoms with Gasteiger partial charge in [-0.25, -0.2) is 9.18 Å². The van der Waals surface area contributed by atoms with E-state index in [1.165, 1.54) is 6.07 Å². The van der Waals surface area contributed by atoms with Crippen LogP contribution in [0.25, 0.3) is 11.1 Å². The van der Waals surface area contributed by atoms with Crippen LogP contribution in [-0.4, -0.2) is 99.3 Å². The van der Waals surface area contributed by atoms with Gasteiger partial charge in [0.1, 0.15) is 17.2 Å². The molecule has 3 amide bonds. The van der Waals surface area contributed by atoms with Crippen LogP contribution in [0.2, 0.25) is 0 Å². The Morgan fingerprint density at radius 2 is 1.70 bits per heavy atom. The minimum absolute atomic E-state index is 0.113. The molecule has 1 aliphatic carbocycles. The highest BCUT2D eigenvalue weighted by Gasteiger charge is 2.39. The van der Waals surface area contributed by atoms with Crippen molar-refractivity contribution in [3.05, 3.63) is 66.2 Å². The van der Waals surface area contributed by atoms with Gasteiger partial charge in [0.15, 0.2) is 5.60 Å². The Balaban J connectivity index is 1.06. The first-order valence-electron chi connectivity index (χ1n) is 17.7. The number of halogens is 1. The van der Waals surface area contributed by atoms with E-state index in [1.54, 1.807) is 42.1 Å². The quantitative estimate of drug-likeness (QED) is 0.300. The monoisotopic (exact) mass is 688 g/mol. The summed E-state index contributed by atoms with van der Waals surface area (Å²) in [5, 5.41) is 6.64. The van der Waals surface area contributed by atoms with Crippen LogP contribution in [-0.2, 0) is 20.9 Å². The fourth-order valence-electron chi connectivity index (χ4n) is 6.79. The van der Waals surface area contributed by atoms with E-state index >= 15 is 4.39 Å². The van der Waals surface area contributed by atoms with Crippen molar-refractivity contribution >= 4 is 23.6 Å². The molecule has 12 heteroatoms. The first-order valence-corrected chi connectivity index (χ1v) is 17.7. The summed E-state index contributed by atoms with van der Waals surface area (Å²) >= 11 is 0. The highest BCUT2D eigenvalue weighted by Crippen LogP contribution is 2.34. The van der Waals surface area contributed by atoms with Gasteiger partial charge in [0.25, 0.3) is 5.91 Å². The molecule has 268 valence electrons. The van der Waals surface area contributed by atoms with Crippen LogP contribution in [0, 0.1) is 11.7 Å². The maximum atomic E-state index is 15.0. The number of rotatable bonds is 9. The van der Waals surface area contributed by atoms with E-state index in [-0.39, 0.29) is 35.7 Å². The van der Waals surface area contributed by atoms with Crippen LogP contribution in [0.1, 0.15) is 65.9 Å². The van der Waals surface area contributed by atoms with Crippen molar-refractivity contribution in [2.75, 3.05) is 44.2 Å². The Morgan fingerprint density at radius 3 is 2.36 bits per heavy atom. The van der Waals surface area contributed by atoms with E-state index < -0.39 is 11.2 Å². The van der Waals surface area contributed by atoms with Gasteiger partial charge in [-0.2, -0.15) is 5.10 Å². The van der Waals surface area contributed by atoms with Crippen LogP contribution in [0.4, 0.5) is 14.9 Å². The first kappa shape index (κ1) is 35.2. The number of aromatic amines is 1. The molecule has 3 aromatic rings. The smallest absolute Gasteiger partial charge is 0.410 e. The van der Waals surface area contributed by atoms with Crippen LogP contribution in [0.5, 0.6) is 5.75 Å². The predicted octanol–water partition coefficient (Wildman–Crippen LogP) is 5.86. The fraction of sp³-hybridized carbons (Fsp3) is 0.526. The number of H-pyrrole nitrogens is 1. The summed E-state index contributed by atoms with van der Waals surface area (Å²) in [7, 11) is 0. The summed E-state index contributed by atoms with van der Waals surface area (Å²) in [5.41, 5.74) is 1.16. The normalized spacial score (nSPS) is 18.5. The predicted molar refractivity (Wildman–Crippen MR) is 188 cm³/mol. The Hall–Kier alpha value is -4.61. The molecule has 11 nitrogen and oxygen atoms in total. The molecular weight excluding hydrogens is 639 g/mol. The number of carbonyl (C=O) groups is 3. The maximum absolute atomic E-state index is 15.0. The Bertz CT molecular complexity index is 1680. The Morgan fingerprint density at radius 1 is 0.960 bits per heavy atom. The number of nitrogens with one attached hydrogen (secondary N) is 1. The van der Waals surface area contributed by atoms with Gasteiger partial charge in [-0.15, -0.1) is 0 Å². The molecule has 3 fully saturated rings. The molecule has 2 aliphatic heterocycles. The van der Waals surface area contributed by atoms with Crippen molar-refractivity contribution in [1.82, 2.24) is 24.9 Å². The van der Waals surface area contributed by atoms with Gasteiger partial charge in [-0.05, 0) is 84.1 Å². The summed E-state index contributed by atoms with van der Waals surface area (Å²) < 4.78 is 26.8. The first-order chi connectivity index (χ1) is 23.8. The molecule has 50 heavy (non-hydrogen) atoms. The highest BCUT2D eigenvalue weighted by molar-refractivity contribution is 5.85. The minimum atomic E-state index is -1.13. The zero-order chi connectivity index (χ0) is 35.6. The average Bonchev–Trinajstić information content (AvgIpc) is 3.78. The number of piperidine rings is 1. The van der Waals surface area contributed by atoms with Crippen LogP contribution in [0.3, 0.4) is 0 Å². The van der Waals surface area contributed by atoms with Crippen molar-refractivity contribution in [3.63, 3.8) is 0 Å². The highest BCUT2D eigenvalue weighted by atomic mass is 19.1. The van der Waals surface area contributed by atoms with Gasteiger partial charge in [-0.1, -0.05) is 18.2 Å². The molecule has 2 saturated heterocycles. The number of aromatic nitrogens is 2. The van der Waals surface area contributed by atoms with Crippen LogP contribution in [0.15, 0.2) is 54.9 Å². The van der Waals surface area contributed by atoms with Gasteiger partial charge < -0.3 is 29.1 Å². The van der Waals surface area contributed by atoms with Gasteiger partial charge >= 0.3 is 6.09 Å². The summed E-state index contributed by atoms with van der Waals surface area (Å²) in [4.78, 5) is 47.6. The molecule has 1 aromatic heterocycles. The number of benzene rings is 2. The molecule has 0 unspecified atom stereocenters. The lowest BCUT2D eigenvalue weighted by Crippen LogP contribution is -2.57. The molecule has 6 rings (SSSR count). The zero-order valence-electron chi connectivity index (χ0n) is 29.8. The molecule has 3 aliphatic rings. The molecule has 1 N–H and O–H groups in total. The molecule has 0 bridgehead atoms. The second-order valence-electron chi connectivity index (χ2n) is 15.2. The summed E-state index contributed by atoms with van der Waals surface area (Å²) in [6.07, 6.45) is 6.47. The maximum Gasteiger partial charge on any atom is 0.410 e. The lowest BCUT2D eigenvalue weighted by atomic mass is 9.95. The lowest BCUT2D eigenvalue weighted by molar-refractivity contribution is -0.147. The minimum Gasteiger partial charge on any atom is -0.478 e. The third-order valence-electron chi connectivity index (χ3n) is 9.53. The molecule has 0 radical (unpaired) electrons. The Kier molecular flexibility index (Phi) is 10.1. The molecular formula is C38H49FN6O5. The van der Waals surface area contributed by atoms with Gasteiger partial charge in [0.2, 0.25) is 5.91 Å². The molecule has 1 atom stereocenters. The second-order valence-corrected chi connectivity index (χ2v) is 15.2.